The van der Waals surface area contributed by atoms with Crippen LogP contribution in [0.3, 0.4) is 0 Å². The van der Waals surface area contributed by atoms with Crippen LogP contribution in [0, 0.1) is 0 Å². The summed E-state index contributed by atoms with van der Waals surface area (Å²) >= 11 is 1.14. The van der Waals surface area contributed by atoms with Crippen LogP contribution < -0.4 is 10.6 Å². The highest BCUT2D eigenvalue weighted by molar-refractivity contribution is 8.14. The molecule has 1 aliphatic rings. The third-order valence-electron chi connectivity index (χ3n) is 2.62. The second-order valence-electron chi connectivity index (χ2n) is 3.84. The first kappa shape index (κ1) is 12.0. The fourth-order valence-electron chi connectivity index (χ4n) is 1.58. The molecule has 1 heterocycles. The van der Waals surface area contributed by atoms with E-state index >= 15 is 0 Å². The van der Waals surface area contributed by atoms with Gasteiger partial charge in [0.1, 0.15) is 6.04 Å². The lowest BCUT2D eigenvalue weighted by Gasteiger charge is -2.10. The van der Waals surface area contributed by atoms with Crippen LogP contribution in [0.5, 0.6) is 0 Å². The molecule has 4 nitrogen and oxygen atoms in total. The van der Waals surface area contributed by atoms with Gasteiger partial charge in [0.2, 0.25) is 5.91 Å². The third-order valence-corrected chi connectivity index (χ3v) is 3.50. The van der Waals surface area contributed by atoms with Crippen LogP contribution in [0.2, 0.25) is 0 Å². The summed E-state index contributed by atoms with van der Waals surface area (Å²) in [6.07, 6.45) is 0.976. The van der Waals surface area contributed by atoms with Crippen molar-refractivity contribution in [3.05, 3.63) is 29.8 Å². The molecule has 90 valence electrons. The Morgan fingerprint density at radius 2 is 2.18 bits per heavy atom. The summed E-state index contributed by atoms with van der Waals surface area (Å²) in [4.78, 5) is 22.7. The molecule has 0 aromatic heterocycles. The summed E-state index contributed by atoms with van der Waals surface area (Å²) < 4.78 is 0. The lowest BCUT2D eigenvalue weighted by Crippen LogP contribution is -2.38. The lowest BCUT2D eigenvalue weighted by molar-refractivity contribution is -0.117. The van der Waals surface area contributed by atoms with Gasteiger partial charge in [0.25, 0.3) is 5.24 Å². The summed E-state index contributed by atoms with van der Waals surface area (Å²) in [5.41, 5.74) is 1.99. The molecule has 1 aromatic carbocycles. The molecule has 5 heteroatoms. The molecule has 0 saturated carbocycles. The molecule has 17 heavy (non-hydrogen) atoms. The van der Waals surface area contributed by atoms with Gasteiger partial charge >= 0.3 is 0 Å². The van der Waals surface area contributed by atoms with Crippen molar-refractivity contribution in [3.8, 4) is 0 Å². The lowest BCUT2D eigenvalue weighted by atomic mass is 10.1. The van der Waals surface area contributed by atoms with E-state index in [0.29, 0.717) is 5.75 Å². The van der Waals surface area contributed by atoms with Gasteiger partial charge in [0.15, 0.2) is 0 Å². The normalized spacial score (nSPS) is 18.9. The first-order valence-corrected chi connectivity index (χ1v) is 6.50. The Hall–Kier alpha value is -1.49. The zero-order chi connectivity index (χ0) is 12.3. The molecule has 0 radical (unpaired) electrons. The Morgan fingerprint density at radius 3 is 2.71 bits per heavy atom. The van der Waals surface area contributed by atoms with E-state index in [0.717, 1.165) is 23.9 Å². The van der Waals surface area contributed by atoms with Gasteiger partial charge in [0.05, 0.1) is 0 Å². The van der Waals surface area contributed by atoms with E-state index < -0.39 is 6.04 Å². The summed E-state index contributed by atoms with van der Waals surface area (Å²) in [7, 11) is 0. The number of anilines is 1. The average molecular weight is 250 g/mol. The molecular weight excluding hydrogens is 236 g/mol. The van der Waals surface area contributed by atoms with Gasteiger partial charge in [-0.15, -0.1) is 0 Å². The number of carbonyl (C=O) groups excluding carboxylic acids is 2. The average Bonchev–Trinajstić information content (AvgIpc) is 2.77. The maximum absolute atomic E-state index is 11.8. The van der Waals surface area contributed by atoms with E-state index in [-0.39, 0.29) is 11.1 Å². The van der Waals surface area contributed by atoms with Gasteiger partial charge in [-0.2, -0.15) is 0 Å². The monoisotopic (exact) mass is 250 g/mol. The fraction of sp³-hybridized carbons (Fsp3) is 0.333. The molecule has 2 rings (SSSR count). The molecule has 0 bridgehead atoms. The van der Waals surface area contributed by atoms with Crippen LogP contribution in [-0.2, 0) is 11.2 Å². The van der Waals surface area contributed by atoms with Crippen molar-refractivity contribution in [2.75, 3.05) is 11.1 Å². The van der Waals surface area contributed by atoms with E-state index in [1.807, 2.05) is 24.3 Å². The minimum absolute atomic E-state index is 0.133. The predicted molar refractivity (Wildman–Crippen MR) is 69.2 cm³/mol. The van der Waals surface area contributed by atoms with Crippen molar-refractivity contribution in [2.45, 2.75) is 19.4 Å². The Balaban J connectivity index is 1.95. The molecular formula is C12H14N2O2S. The van der Waals surface area contributed by atoms with Crippen LogP contribution >= 0.6 is 11.8 Å². The molecule has 1 saturated heterocycles. The van der Waals surface area contributed by atoms with Gasteiger partial charge in [0, 0.05) is 11.4 Å². The van der Waals surface area contributed by atoms with Crippen molar-refractivity contribution in [1.82, 2.24) is 5.32 Å². The van der Waals surface area contributed by atoms with E-state index in [4.69, 9.17) is 0 Å². The van der Waals surface area contributed by atoms with Gasteiger partial charge < -0.3 is 10.6 Å². The summed E-state index contributed by atoms with van der Waals surface area (Å²) in [5, 5.41) is 5.26. The number of amides is 2. The molecule has 1 atom stereocenters. The number of thioether (sulfide) groups is 1. The number of carbonyl (C=O) groups is 2. The molecule has 1 aliphatic heterocycles. The standard InChI is InChI=1S/C12H14N2O2S/c1-2-8-3-5-9(6-4-8)13-11(15)10-7-17-12(16)14-10/h3-6,10H,2,7H2,1H3,(H,13,15)(H,14,16)/t10-/m0/s1. The molecule has 0 aliphatic carbocycles. The second kappa shape index (κ2) is 5.23. The van der Waals surface area contributed by atoms with Crippen molar-refractivity contribution >= 4 is 28.6 Å². The molecule has 0 unspecified atom stereocenters. The second-order valence-corrected chi connectivity index (χ2v) is 4.83. The molecule has 2 N–H and O–H groups in total. The molecule has 0 spiro atoms. The highest BCUT2D eigenvalue weighted by Crippen LogP contribution is 2.15. The predicted octanol–water partition coefficient (Wildman–Crippen LogP) is 2.01. The van der Waals surface area contributed by atoms with Gasteiger partial charge in [-0.05, 0) is 24.1 Å². The van der Waals surface area contributed by atoms with Crippen LogP contribution in [0.1, 0.15) is 12.5 Å². The first-order valence-electron chi connectivity index (χ1n) is 5.52. The van der Waals surface area contributed by atoms with Crippen molar-refractivity contribution in [1.29, 1.82) is 0 Å². The minimum Gasteiger partial charge on any atom is -0.334 e. The van der Waals surface area contributed by atoms with E-state index in [2.05, 4.69) is 17.6 Å². The fourth-order valence-corrected chi connectivity index (χ4v) is 2.36. The van der Waals surface area contributed by atoms with Crippen LogP contribution in [0.15, 0.2) is 24.3 Å². The zero-order valence-electron chi connectivity index (χ0n) is 9.53. The zero-order valence-corrected chi connectivity index (χ0v) is 10.3. The Morgan fingerprint density at radius 1 is 1.47 bits per heavy atom. The Labute approximate surface area is 104 Å². The third kappa shape index (κ3) is 3.00. The number of aryl methyl sites for hydroxylation is 1. The van der Waals surface area contributed by atoms with E-state index in [9.17, 15) is 9.59 Å². The minimum atomic E-state index is -0.418. The quantitative estimate of drug-likeness (QED) is 0.862. The van der Waals surface area contributed by atoms with E-state index in [1.54, 1.807) is 0 Å². The molecule has 1 aromatic rings. The maximum atomic E-state index is 11.8. The van der Waals surface area contributed by atoms with Crippen molar-refractivity contribution in [3.63, 3.8) is 0 Å². The van der Waals surface area contributed by atoms with Crippen molar-refractivity contribution < 1.29 is 9.59 Å². The molecule has 2 amide bonds. The van der Waals surface area contributed by atoms with Crippen LogP contribution in [0.25, 0.3) is 0 Å². The smallest absolute Gasteiger partial charge is 0.279 e. The van der Waals surface area contributed by atoms with E-state index in [1.165, 1.54) is 5.56 Å². The number of nitrogens with one attached hydrogen (secondary N) is 2. The number of hydrogen-bond donors (Lipinski definition) is 2. The van der Waals surface area contributed by atoms with Crippen LogP contribution in [-0.4, -0.2) is 22.9 Å². The first-order chi connectivity index (χ1) is 8.19. The summed E-state index contributed by atoms with van der Waals surface area (Å²) in [6, 6.07) is 7.30. The number of hydrogen-bond acceptors (Lipinski definition) is 3. The SMILES string of the molecule is CCc1ccc(NC(=O)[C@@H]2CSC(=O)N2)cc1. The molecule has 1 fully saturated rings. The number of rotatable bonds is 3. The van der Waals surface area contributed by atoms with Crippen molar-refractivity contribution in [2.24, 2.45) is 0 Å². The van der Waals surface area contributed by atoms with Gasteiger partial charge in [-0.25, -0.2) is 0 Å². The summed E-state index contributed by atoms with van der Waals surface area (Å²) in [5.74, 6) is 0.338. The summed E-state index contributed by atoms with van der Waals surface area (Å²) in [6.45, 7) is 2.08. The Kier molecular flexibility index (Phi) is 3.68. The maximum Gasteiger partial charge on any atom is 0.279 e. The van der Waals surface area contributed by atoms with Gasteiger partial charge in [-0.1, -0.05) is 30.8 Å². The largest absolute Gasteiger partial charge is 0.334 e. The van der Waals surface area contributed by atoms with Gasteiger partial charge in [-0.3, -0.25) is 9.59 Å². The topological polar surface area (TPSA) is 58.2 Å². The number of benzene rings is 1. The highest BCUT2D eigenvalue weighted by Gasteiger charge is 2.27. The Bertz CT molecular complexity index is 431. The van der Waals surface area contributed by atoms with Crippen LogP contribution in [0.4, 0.5) is 10.5 Å². The highest BCUT2D eigenvalue weighted by atomic mass is 32.2.